The van der Waals surface area contributed by atoms with E-state index >= 15 is 0 Å². The highest BCUT2D eigenvalue weighted by molar-refractivity contribution is 9.12. The van der Waals surface area contributed by atoms with Crippen LogP contribution in [-0.4, -0.2) is 51.9 Å². The highest BCUT2D eigenvalue weighted by Gasteiger charge is 2.52. The summed E-state index contributed by atoms with van der Waals surface area (Å²) in [6.45, 7) is -0.466. The van der Waals surface area contributed by atoms with Crippen LogP contribution in [0.5, 0.6) is 5.75 Å². The minimum Gasteiger partial charge on any atom is -0.497 e. The summed E-state index contributed by atoms with van der Waals surface area (Å²) in [5, 5.41) is 0.816. The number of alkyl halides is 2. The first-order chi connectivity index (χ1) is 21.2. The lowest BCUT2D eigenvalue weighted by molar-refractivity contribution is -0.122. The number of aromatic nitrogens is 1. The van der Waals surface area contributed by atoms with Gasteiger partial charge >= 0.3 is 5.97 Å². The van der Waals surface area contributed by atoms with Gasteiger partial charge in [0.1, 0.15) is 5.75 Å². The summed E-state index contributed by atoms with van der Waals surface area (Å²) in [7, 11) is 1.50. The van der Waals surface area contributed by atoms with Gasteiger partial charge in [0, 0.05) is 26.2 Å². The molecule has 8 nitrogen and oxygen atoms in total. The van der Waals surface area contributed by atoms with Crippen molar-refractivity contribution < 1.29 is 28.7 Å². The molecule has 1 aliphatic heterocycles. The van der Waals surface area contributed by atoms with Crippen LogP contribution < -0.4 is 9.64 Å². The predicted molar refractivity (Wildman–Crippen MR) is 174 cm³/mol. The van der Waals surface area contributed by atoms with E-state index in [2.05, 4.69) is 31.9 Å². The van der Waals surface area contributed by atoms with Gasteiger partial charge in [-0.1, -0.05) is 79.9 Å². The van der Waals surface area contributed by atoms with Crippen molar-refractivity contribution in [1.29, 1.82) is 0 Å². The second-order valence-corrected chi connectivity index (χ2v) is 13.5. The lowest BCUT2D eigenvalue weighted by Crippen LogP contribution is -2.34. The molecule has 6 rings (SSSR count). The maximum Gasteiger partial charge on any atom is 0.339 e. The van der Waals surface area contributed by atoms with Crippen LogP contribution in [0.4, 0.5) is 5.69 Å². The van der Waals surface area contributed by atoms with Crippen molar-refractivity contribution >= 4 is 83.6 Å². The van der Waals surface area contributed by atoms with Crippen molar-refractivity contribution in [3.05, 3.63) is 88.9 Å². The first-order valence-corrected chi connectivity index (χ1v) is 16.1. The van der Waals surface area contributed by atoms with E-state index in [0.717, 1.165) is 0 Å². The Morgan fingerprint density at radius 3 is 2.25 bits per heavy atom. The minimum absolute atomic E-state index is 0.120. The molecule has 44 heavy (non-hydrogen) atoms. The maximum atomic E-state index is 13.3. The number of fused-ring (bicyclic) bond motifs is 2. The second-order valence-electron chi connectivity index (χ2n) is 10.7. The van der Waals surface area contributed by atoms with Crippen LogP contribution in [0.3, 0.4) is 0 Å². The number of amides is 2. The van der Waals surface area contributed by atoms with Gasteiger partial charge < -0.3 is 9.47 Å². The zero-order valence-corrected chi connectivity index (χ0v) is 27.3. The van der Waals surface area contributed by atoms with E-state index in [0.29, 0.717) is 57.0 Å². The summed E-state index contributed by atoms with van der Waals surface area (Å²) in [6.07, 6.45) is 1.18. The van der Waals surface area contributed by atoms with Crippen molar-refractivity contribution in [2.45, 2.75) is 22.5 Å². The number of anilines is 1. The number of carbonyl (C=O) groups is 4. The van der Waals surface area contributed by atoms with E-state index in [1.165, 1.54) is 12.0 Å². The number of ether oxygens (including phenoxy) is 2. The molecule has 11 heteroatoms. The number of ketones is 1. The number of pyridine rings is 1. The molecule has 2 amide bonds. The Bertz CT molecular complexity index is 1790. The van der Waals surface area contributed by atoms with E-state index in [9.17, 15) is 19.2 Å². The van der Waals surface area contributed by atoms with Crippen molar-refractivity contribution in [3.8, 4) is 17.0 Å². The van der Waals surface area contributed by atoms with Gasteiger partial charge in [-0.2, -0.15) is 0 Å². The largest absolute Gasteiger partial charge is 0.497 e. The molecule has 1 saturated heterocycles. The van der Waals surface area contributed by atoms with Crippen molar-refractivity contribution in [3.63, 3.8) is 0 Å². The van der Waals surface area contributed by atoms with Gasteiger partial charge in [-0.15, -0.1) is 0 Å². The molecular formula is C33H25Br2ClN2O6. The van der Waals surface area contributed by atoms with Crippen LogP contribution in [0, 0.1) is 11.8 Å². The molecule has 2 fully saturated rings. The molecule has 0 spiro atoms. The van der Waals surface area contributed by atoms with Crippen molar-refractivity contribution in [2.24, 2.45) is 11.8 Å². The molecule has 2 heterocycles. The molecule has 3 aromatic carbocycles. The lowest BCUT2D eigenvalue weighted by atomic mass is 9.81. The third-order valence-corrected chi connectivity index (χ3v) is 11.1. The van der Waals surface area contributed by atoms with Gasteiger partial charge in [0.15, 0.2) is 12.4 Å². The fraction of sp³-hybridized carbons (Fsp3) is 0.242. The van der Waals surface area contributed by atoms with Crippen LogP contribution in [-0.2, 0) is 14.3 Å². The SMILES string of the molecule is COc1cccc(C(=O)COC(=O)c2cc(-c3ccc(N4C(=O)C5CC(Br)C(Br)CC5C4=O)cc3)nc3c(Cl)cccc23)c1. The van der Waals surface area contributed by atoms with E-state index in [4.69, 9.17) is 26.1 Å². The highest BCUT2D eigenvalue weighted by Crippen LogP contribution is 2.44. The van der Waals surface area contributed by atoms with E-state index in [1.54, 1.807) is 72.8 Å². The predicted octanol–water partition coefficient (Wildman–Crippen LogP) is 7.03. The summed E-state index contributed by atoms with van der Waals surface area (Å²) in [5.74, 6) is -1.66. The highest BCUT2D eigenvalue weighted by atomic mass is 79.9. The standard InChI is InChI=1S/C33H25Br2ClN2O6/c1-43-20-5-2-4-18(12-20)29(39)16-44-33(42)24-15-28(37-30-21(24)6-3-7-27(30)36)17-8-10-19(11-9-17)38-31(40)22-13-25(34)26(35)14-23(22)32(38)41/h2-12,15,22-23,25-26H,13-14,16H2,1H3. The van der Waals surface area contributed by atoms with Crippen LogP contribution in [0.1, 0.15) is 33.6 Å². The fourth-order valence-electron chi connectivity index (χ4n) is 5.75. The number of imide groups is 1. The topological polar surface area (TPSA) is 103 Å². The number of methoxy groups -OCH3 is 1. The molecule has 0 N–H and O–H groups in total. The number of hydrogen-bond acceptors (Lipinski definition) is 7. The third-order valence-electron chi connectivity index (χ3n) is 8.07. The van der Waals surface area contributed by atoms with Crippen molar-refractivity contribution in [1.82, 2.24) is 4.98 Å². The fourth-order valence-corrected chi connectivity index (χ4v) is 7.20. The summed E-state index contributed by atoms with van der Waals surface area (Å²) >= 11 is 13.7. The Balaban J connectivity index is 1.27. The Labute approximate surface area is 274 Å². The lowest BCUT2D eigenvalue weighted by Gasteiger charge is -2.29. The molecule has 1 aliphatic carbocycles. The van der Waals surface area contributed by atoms with Gasteiger partial charge in [-0.05, 0) is 49.2 Å². The zero-order chi connectivity index (χ0) is 31.1. The molecule has 1 aromatic heterocycles. The van der Waals surface area contributed by atoms with E-state index < -0.39 is 12.6 Å². The Hall–Kier alpha value is -3.60. The number of carbonyl (C=O) groups excluding carboxylic acids is 4. The van der Waals surface area contributed by atoms with Gasteiger partial charge in [0.05, 0.1) is 46.4 Å². The number of hydrogen-bond donors (Lipinski definition) is 0. The van der Waals surface area contributed by atoms with Gasteiger partial charge in [-0.25, -0.2) is 9.78 Å². The number of benzene rings is 3. The van der Waals surface area contributed by atoms with E-state index in [1.807, 2.05) is 0 Å². The maximum absolute atomic E-state index is 13.3. The number of Topliss-reactive ketones (excluding diaryl/α,β-unsaturated/α-hetero) is 1. The molecular weight excluding hydrogens is 716 g/mol. The average molecular weight is 741 g/mol. The summed E-state index contributed by atoms with van der Waals surface area (Å²) in [4.78, 5) is 58.8. The summed E-state index contributed by atoms with van der Waals surface area (Å²) in [6, 6.07) is 20.1. The normalized spacial score (nSPS) is 21.3. The zero-order valence-electron chi connectivity index (χ0n) is 23.3. The van der Waals surface area contributed by atoms with Crippen LogP contribution in [0.25, 0.3) is 22.2 Å². The van der Waals surface area contributed by atoms with Gasteiger partial charge in [0.2, 0.25) is 11.8 Å². The molecule has 224 valence electrons. The molecule has 4 atom stereocenters. The average Bonchev–Trinajstić information content (AvgIpc) is 3.27. The van der Waals surface area contributed by atoms with E-state index in [-0.39, 0.29) is 44.7 Å². The van der Waals surface area contributed by atoms with Crippen LogP contribution in [0.2, 0.25) is 5.02 Å². The smallest absolute Gasteiger partial charge is 0.339 e. The molecule has 2 aliphatic rings. The van der Waals surface area contributed by atoms with Crippen molar-refractivity contribution in [2.75, 3.05) is 18.6 Å². The molecule has 4 unspecified atom stereocenters. The summed E-state index contributed by atoms with van der Waals surface area (Å²) in [5.41, 5.74) is 2.48. The molecule has 1 saturated carbocycles. The number of para-hydroxylation sites is 1. The van der Waals surface area contributed by atoms with Gasteiger partial charge in [-0.3, -0.25) is 19.3 Å². The first-order valence-electron chi connectivity index (χ1n) is 13.9. The Kier molecular flexibility index (Phi) is 8.59. The number of halogens is 3. The Morgan fingerprint density at radius 2 is 1.59 bits per heavy atom. The second kappa shape index (κ2) is 12.4. The third kappa shape index (κ3) is 5.66. The van der Waals surface area contributed by atoms with Crippen LogP contribution in [0.15, 0.2) is 72.8 Å². The number of esters is 1. The number of rotatable bonds is 7. The first kappa shape index (κ1) is 30.4. The Morgan fingerprint density at radius 1 is 0.932 bits per heavy atom. The molecule has 4 aromatic rings. The van der Waals surface area contributed by atoms with Gasteiger partial charge in [0.25, 0.3) is 0 Å². The quantitative estimate of drug-likeness (QED) is 0.0868. The monoisotopic (exact) mass is 738 g/mol. The van der Waals surface area contributed by atoms with Crippen LogP contribution >= 0.6 is 43.5 Å². The number of nitrogens with zero attached hydrogens (tertiary/aromatic N) is 2. The minimum atomic E-state index is -0.708. The summed E-state index contributed by atoms with van der Waals surface area (Å²) < 4.78 is 10.6. The molecule has 0 radical (unpaired) electrons. The molecule has 0 bridgehead atoms.